The Kier molecular flexibility index (Phi) is 4.24. The Bertz CT molecular complexity index is 405. The van der Waals surface area contributed by atoms with Gasteiger partial charge >= 0.3 is 0 Å². The molecular formula is C14H21NO2. The number of aromatic nitrogens is 1. The third-order valence-electron chi connectivity index (χ3n) is 3.67. The van der Waals surface area contributed by atoms with E-state index in [4.69, 9.17) is 0 Å². The van der Waals surface area contributed by atoms with E-state index < -0.39 is 0 Å². The molecule has 94 valence electrons. The van der Waals surface area contributed by atoms with E-state index in [0.29, 0.717) is 0 Å². The molecular weight excluding hydrogens is 214 g/mol. The van der Waals surface area contributed by atoms with Crippen molar-refractivity contribution in [3.63, 3.8) is 0 Å². The van der Waals surface area contributed by atoms with E-state index in [1.54, 1.807) is 6.07 Å². The summed E-state index contributed by atoms with van der Waals surface area (Å²) in [6.45, 7) is 0. The molecule has 0 bridgehead atoms. The number of H-pyrrole nitrogens is 1. The van der Waals surface area contributed by atoms with Crippen molar-refractivity contribution in [3.8, 4) is 5.75 Å². The molecule has 1 aromatic heterocycles. The van der Waals surface area contributed by atoms with Crippen LogP contribution in [0.1, 0.15) is 50.6 Å². The van der Waals surface area contributed by atoms with E-state index in [0.717, 1.165) is 24.5 Å². The quantitative estimate of drug-likeness (QED) is 0.843. The number of aryl methyl sites for hydroxylation is 1. The van der Waals surface area contributed by atoms with Gasteiger partial charge in [-0.25, -0.2) is 0 Å². The number of aromatic amines is 1. The lowest BCUT2D eigenvalue weighted by atomic mass is 9.85. The van der Waals surface area contributed by atoms with Crippen molar-refractivity contribution in [1.29, 1.82) is 0 Å². The highest BCUT2D eigenvalue weighted by molar-refractivity contribution is 5.20. The number of aromatic hydroxyl groups is 1. The van der Waals surface area contributed by atoms with E-state index in [2.05, 4.69) is 4.98 Å². The Morgan fingerprint density at radius 1 is 1.24 bits per heavy atom. The van der Waals surface area contributed by atoms with Gasteiger partial charge in [0.1, 0.15) is 5.75 Å². The Labute approximate surface area is 102 Å². The molecule has 0 aromatic carbocycles. The third-order valence-corrected chi connectivity index (χ3v) is 3.67. The van der Waals surface area contributed by atoms with Gasteiger partial charge in [0, 0.05) is 11.8 Å². The van der Waals surface area contributed by atoms with E-state index >= 15 is 0 Å². The predicted molar refractivity (Wildman–Crippen MR) is 68.2 cm³/mol. The summed E-state index contributed by atoms with van der Waals surface area (Å²) in [5.74, 6) is 0.953. The second kappa shape index (κ2) is 5.89. The zero-order valence-corrected chi connectivity index (χ0v) is 10.2. The standard InChI is InChI=1S/C14H21NO2/c16-13-9-12(15-14(17)10-13)8-4-7-11-5-2-1-3-6-11/h9-11H,1-8H2,(H2,15,16,17). The average molecular weight is 235 g/mol. The van der Waals surface area contributed by atoms with Crippen molar-refractivity contribution in [3.05, 3.63) is 28.2 Å². The number of pyridine rings is 1. The summed E-state index contributed by atoms with van der Waals surface area (Å²) in [5.41, 5.74) is 0.642. The second-order valence-corrected chi connectivity index (χ2v) is 5.12. The molecule has 1 heterocycles. The lowest BCUT2D eigenvalue weighted by Gasteiger charge is -2.21. The van der Waals surface area contributed by atoms with Crippen molar-refractivity contribution in [2.75, 3.05) is 0 Å². The Morgan fingerprint density at radius 2 is 2.00 bits per heavy atom. The largest absolute Gasteiger partial charge is 0.508 e. The van der Waals surface area contributed by atoms with Gasteiger partial charge in [0.25, 0.3) is 5.56 Å². The monoisotopic (exact) mass is 235 g/mol. The maximum absolute atomic E-state index is 11.2. The van der Waals surface area contributed by atoms with Crippen molar-refractivity contribution in [2.45, 2.75) is 51.4 Å². The summed E-state index contributed by atoms with van der Waals surface area (Å²) in [7, 11) is 0. The SMILES string of the molecule is O=c1cc(O)cc(CCCC2CCCCC2)[nH]1. The van der Waals surface area contributed by atoms with Crippen LogP contribution in [-0.4, -0.2) is 10.1 Å². The number of rotatable bonds is 4. The lowest BCUT2D eigenvalue weighted by Crippen LogP contribution is -2.09. The average Bonchev–Trinajstić information content (AvgIpc) is 2.29. The maximum atomic E-state index is 11.2. The van der Waals surface area contributed by atoms with Crippen LogP contribution < -0.4 is 5.56 Å². The van der Waals surface area contributed by atoms with Crippen LogP contribution in [0.5, 0.6) is 5.75 Å². The minimum absolute atomic E-state index is 0.0708. The van der Waals surface area contributed by atoms with Gasteiger partial charge in [0.05, 0.1) is 0 Å². The van der Waals surface area contributed by atoms with Gasteiger partial charge in [-0.1, -0.05) is 38.5 Å². The summed E-state index contributed by atoms with van der Waals surface area (Å²) < 4.78 is 0. The van der Waals surface area contributed by atoms with Crippen LogP contribution >= 0.6 is 0 Å². The Balaban J connectivity index is 1.79. The van der Waals surface area contributed by atoms with Gasteiger partial charge in [-0.15, -0.1) is 0 Å². The van der Waals surface area contributed by atoms with Crippen molar-refractivity contribution in [1.82, 2.24) is 4.98 Å². The minimum Gasteiger partial charge on any atom is -0.508 e. The zero-order valence-electron chi connectivity index (χ0n) is 10.2. The summed E-state index contributed by atoms with van der Waals surface area (Å²) in [6, 6.07) is 2.87. The smallest absolute Gasteiger partial charge is 0.251 e. The first-order valence-corrected chi connectivity index (χ1v) is 6.66. The molecule has 1 fully saturated rings. The van der Waals surface area contributed by atoms with Gasteiger partial charge in [-0.05, 0) is 24.8 Å². The first-order valence-electron chi connectivity index (χ1n) is 6.66. The molecule has 3 heteroatoms. The molecule has 0 saturated heterocycles. The number of hydrogen-bond acceptors (Lipinski definition) is 2. The molecule has 1 aromatic rings. The van der Waals surface area contributed by atoms with Crippen LogP contribution in [0.15, 0.2) is 16.9 Å². The molecule has 2 N–H and O–H groups in total. The summed E-state index contributed by atoms with van der Waals surface area (Å²) in [5, 5.41) is 9.32. The lowest BCUT2D eigenvalue weighted by molar-refractivity contribution is 0.332. The summed E-state index contributed by atoms with van der Waals surface area (Å²) in [6.07, 6.45) is 10.1. The molecule has 1 aliphatic carbocycles. The zero-order chi connectivity index (χ0) is 12.1. The van der Waals surface area contributed by atoms with E-state index in [1.165, 1.54) is 44.6 Å². The normalized spacial score (nSPS) is 17.2. The first-order chi connectivity index (χ1) is 8.24. The second-order valence-electron chi connectivity index (χ2n) is 5.12. The number of nitrogens with one attached hydrogen (secondary N) is 1. The van der Waals surface area contributed by atoms with Gasteiger partial charge in [0.2, 0.25) is 0 Å². The topological polar surface area (TPSA) is 53.1 Å². The van der Waals surface area contributed by atoms with Gasteiger partial charge in [-0.3, -0.25) is 4.79 Å². The van der Waals surface area contributed by atoms with Crippen LogP contribution in [0.4, 0.5) is 0 Å². The van der Waals surface area contributed by atoms with Crippen LogP contribution in [0.2, 0.25) is 0 Å². The van der Waals surface area contributed by atoms with Crippen LogP contribution in [0.3, 0.4) is 0 Å². The molecule has 1 aliphatic rings. The fourth-order valence-corrected chi connectivity index (χ4v) is 2.78. The minimum atomic E-state index is -0.210. The molecule has 17 heavy (non-hydrogen) atoms. The maximum Gasteiger partial charge on any atom is 0.251 e. The highest BCUT2D eigenvalue weighted by atomic mass is 16.3. The van der Waals surface area contributed by atoms with Crippen molar-refractivity contribution >= 4 is 0 Å². The molecule has 2 rings (SSSR count). The fourth-order valence-electron chi connectivity index (χ4n) is 2.78. The highest BCUT2D eigenvalue weighted by Gasteiger charge is 2.12. The van der Waals surface area contributed by atoms with Gasteiger partial charge in [0.15, 0.2) is 0 Å². The molecule has 0 radical (unpaired) electrons. The predicted octanol–water partition coefficient (Wildman–Crippen LogP) is 2.98. The summed E-state index contributed by atoms with van der Waals surface area (Å²) >= 11 is 0. The Morgan fingerprint density at radius 3 is 2.71 bits per heavy atom. The van der Waals surface area contributed by atoms with E-state index in [1.807, 2.05) is 0 Å². The van der Waals surface area contributed by atoms with Crippen molar-refractivity contribution < 1.29 is 5.11 Å². The molecule has 1 saturated carbocycles. The van der Waals surface area contributed by atoms with Crippen LogP contribution in [-0.2, 0) is 6.42 Å². The van der Waals surface area contributed by atoms with Crippen molar-refractivity contribution in [2.24, 2.45) is 5.92 Å². The first kappa shape index (κ1) is 12.2. The third kappa shape index (κ3) is 3.91. The highest BCUT2D eigenvalue weighted by Crippen LogP contribution is 2.27. The van der Waals surface area contributed by atoms with Crippen LogP contribution in [0, 0.1) is 5.92 Å². The molecule has 0 aliphatic heterocycles. The Hall–Kier alpha value is -1.25. The van der Waals surface area contributed by atoms with Gasteiger partial charge in [-0.2, -0.15) is 0 Å². The molecule has 0 spiro atoms. The van der Waals surface area contributed by atoms with E-state index in [9.17, 15) is 9.90 Å². The van der Waals surface area contributed by atoms with E-state index in [-0.39, 0.29) is 11.3 Å². The summed E-state index contributed by atoms with van der Waals surface area (Å²) in [4.78, 5) is 13.9. The van der Waals surface area contributed by atoms with Gasteiger partial charge < -0.3 is 10.1 Å². The molecule has 0 atom stereocenters. The molecule has 0 unspecified atom stereocenters. The molecule has 3 nitrogen and oxygen atoms in total. The molecule has 0 amide bonds. The van der Waals surface area contributed by atoms with Crippen LogP contribution in [0.25, 0.3) is 0 Å². The number of hydrogen-bond donors (Lipinski definition) is 2. The fraction of sp³-hybridized carbons (Fsp3) is 0.643.